The summed E-state index contributed by atoms with van der Waals surface area (Å²) in [6.45, 7) is 6.30. The number of hydrogen-bond acceptors (Lipinski definition) is 3. The molecule has 1 aromatic heterocycles. The van der Waals surface area contributed by atoms with E-state index in [9.17, 15) is 0 Å². The molecule has 5 rings (SSSR count). The van der Waals surface area contributed by atoms with Gasteiger partial charge in [-0.25, -0.2) is 0 Å². The molecule has 22 heavy (non-hydrogen) atoms. The summed E-state index contributed by atoms with van der Waals surface area (Å²) < 4.78 is 0. The van der Waals surface area contributed by atoms with E-state index in [0.29, 0.717) is 12.0 Å². The molecule has 0 aliphatic carbocycles. The van der Waals surface area contributed by atoms with E-state index in [-0.39, 0.29) is 6.04 Å². The molecule has 4 heterocycles. The van der Waals surface area contributed by atoms with E-state index in [1.165, 1.54) is 30.3 Å². The van der Waals surface area contributed by atoms with E-state index in [1.54, 1.807) is 0 Å². The van der Waals surface area contributed by atoms with Crippen LogP contribution >= 0.6 is 0 Å². The van der Waals surface area contributed by atoms with Gasteiger partial charge in [0.15, 0.2) is 0 Å². The Morgan fingerprint density at radius 3 is 2.95 bits per heavy atom. The number of para-hydroxylation sites is 1. The van der Waals surface area contributed by atoms with Gasteiger partial charge in [0.1, 0.15) is 0 Å². The number of piperidine rings is 3. The lowest BCUT2D eigenvalue weighted by molar-refractivity contribution is 0.00749. The Hall–Kier alpha value is -1.71. The molecule has 3 nitrogen and oxygen atoms in total. The maximum Gasteiger partial charge on any atom is 0.0705 e. The number of fused-ring (bicyclic) bond motifs is 4. The average molecular weight is 293 g/mol. The van der Waals surface area contributed by atoms with Gasteiger partial charge in [-0.2, -0.15) is 0 Å². The summed E-state index contributed by atoms with van der Waals surface area (Å²) in [5.74, 6) is 1.40. The van der Waals surface area contributed by atoms with Gasteiger partial charge in [-0.3, -0.25) is 9.88 Å². The van der Waals surface area contributed by atoms with Crippen molar-refractivity contribution in [3.63, 3.8) is 0 Å². The molecule has 3 saturated heterocycles. The third kappa shape index (κ3) is 2.16. The molecule has 2 aromatic rings. The number of nitrogens with zero attached hydrogens (tertiary/aromatic N) is 2. The summed E-state index contributed by atoms with van der Waals surface area (Å²) in [5, 5.41) is 1.19. The van der Waals surface area contributed by atoms with Crippen molar-refractivity contribution in [3.8, 4) is 0 Å². The molecule has 2 N–H and O–H groups in total. The van der Waals surface area contributed by atoms with Crippen LogP contribution in [0.15, 0.2) is 49.2 Å². The highest BCUT2D eigenvalue weighted by Crippen LogP contribution is 2.41. The van der Waals surface area contributed by atoms with Gasteiger partial charge in [0.25, 0.3) is 0 Å². The third-order valence-corrected chi connectivity index (χ3v) is 5.61. The van der Waals surface area contributed by atoms with Crippen molar-refractivity contribution in [2.24, 2.45) is 17.6 Å². The lowest BCUT2D eigenvalue weighted by atomic mass is 9.73. The molecule has 2 bridgehead atoms. The second-order valence-electron chi connectivity index (χ2n) is 6.69. The van der Waals surface area contributed by atoms with Crippen LogP contribution in [0.4, 0.5) is 0 Å². The van der Waals surface area contributed by atoms with Crippen molar-refractivity contribution in [1.29, 1.82) is 0 Å². The van der Waals surface area contributed by atoms with E-state index in [0.717, 1.165) is 18.0 Å². The monoisotopic (exact) mass is 293 g/mol. The zero-order valence-corrected chi connectivity index (χ0v) is 12.9. The molecule has 0 saturated carbocycles. The van der Waals surface area contributed by atoms with Crippen LogP contribution in [0, 0.1) is 11.8 Å². The molecule has 0 amide bonds. The maximum atomic E-state index is 6.71. The predicted molar refractivity (Wildman–Crippen MR) is 90.4 cm³/mol. The topological polar surface area (TPSA) is 42.1 Å². The Balaban J connectivity index is 1.67. The van der Waals surface area contributed by atoms with Crippen LogP contribution in [0.25, 0.3) is 10.9 Å². The molecule has 5 unspecified atom stereocenters. The van der Waals surface area contributed by atoms with E-state index in [2.05, 4.69) is 46.8 Å². The number of nitrogens with two attached hydrogens (primary N) is 1. The molecule has 3 heteroatoms. The Kier molecular flexibility index (Phi) is 3.47. The fourth-order valence-electron chi connectivity index (χ4n) is 4.37. The normalized spacial score (nSPS) is 32.0. The van der Waals surface area contributed by atoms with Crippen molar-refractivity contribution in [2.75, 3.05) is 13.1 Å². The van der Waals surface area contributed by atoms with E-state index < -0.39 is 0 Å². The molecular weight excluding hydrogens is 270 g/mol. The molecule has 0 radical (unpaired) electrons. The minimum atomic E-state index is 0.0569. The first-order valence-corrected chi connectivity index (χ1v) is 8.24. The van der Waals surface area contributed by atoms with Gasteiger partial charge in [-0.05, 0) is 48.9 Å². The third-order valence-electron chi connectivity index (χ3n) is 5.61. The summed E-state index contributed by atoms with van der Waals surface area (Å²) in [4.78, 5) is 7.04. The van der Waals surface area contributed by atoms with Crippen molar-refractivity contribution < 1.29 is 0 Å². The van der Waals surface area contributed by atoms with Crippen LogP contribution in [-0.2, 0) is 0 Å². The Labute approximate surface area is 131 Å². The fraction of sp³-hybridized carbons (Fsp3) is 0.421. The van der Waals surface area contributed by atoms with Crippen LogP contribution in [0.5, 0.6) is 0 Å². The molecule has 0 spiro atoms. The number of pyridine rings is 1. The van der Waals surface area contributed by atoms with Gasteiger partial charge in [-0.15, -0.1) is 6.58 Å². The average Bonchev–Trinajstić information content (AvgIpc) is 2.60. The second-order valence-corrected chi connectivity index (χ2v) is 6.69. The molecule has 3 fully saturated rings. The molecule has 5 atom stereocenters. The van der Waals surface area contributed by atoms with E-state index in [1.807, 2.05) is 12.3 Å². The zero-order chi connectivity index (χ0) is 15.1. The van der Waals surface area contributed by atoms with E-state index in [4.69, 9.17) is 5.73 Å². The minimum absolute atomic E-state index is 0.0569. The maximum absolute atomic E-state index is 6.71. The predicted octanol–water partition coefficient (Wildman–Crippen LogP) is 3.13. The number of benzene rings is 1. The van der Waals surface area contributed by atoms with Crippen molar-refractivity contribution in [3.05, 3.63) is 54.7 Å². The lowest BCUT2D eigenvalue weighted by Crippen LogP contribution is -2.56. The van der Waals surface area contributed by atoms with Gasteiger partial charge in [-0.1, -0.05) is 24.3 Å². The van der Waals surface area contributed by atoms with Gasteiger partial charge >= 0.3 is 0 Å². The Bertz CT molecular complexity index is 691. The largest absolute Gasteiger partial charge is 0.323 e. The summed E-state index contributed by atoms with van der Waals surface area (Å²) in [7, 11) is 0. The minimum Gasteiger partial charge on any atom is -0.323 e. The van der Waals surface area contributed by atoms with Gasteiger partial charge in [0.2, 0.25) is 0 Å². The highest BCUT2D eigenvalue weighted by molar-refractivity contribution is 5.82. The zero-order valence-electron chi connectivity index (χ0n) is 12.9. The van der Waals surface area contributed by atoms with Crippen molar-refractivity contribution >= 4 is 10.9 Å². The molecule has 114 valence electrons. The molecule has 1 aromatic carbocycles. The summed E-state index contributed by atoms with van der Waals surface area (Å²) in [5.41, 5.74) is 8.99. The van der Waals surface area contributed by atoms with Crippen molar-refractivity contribution in [2.45, 2.75) is 24.9 Å². The highest BCUT2D eigenvalue weighted by atomic mass is 15.2. The summed E-state index contributed by atoms with van der Waals surface area (Å²) in [6, 6.07) is 10.9. The summed E-state index contributed by atoms with van der Waals surface area (Å²) in [6.07, 6.45) is 6.51. The first-order valence-electron chi connectivity index (χ1n) is 8.24. The Morgan fingerprint density at radius 1 is 1.32 bits per heavy atom. The molecule has 3 aliphatic heterocycles. The SMILES string of the molecule is C=CC1CN2CCC1CC2C(N)c1ccnc2ccccc12. The van der Waals surface area contributed by atoms with Gasteiger partial charge in [0, 0.05) is 30.2 Å². The number of rotatable bonds is 3. The van der Waals surface area contributed by atoms with Crippen LogP contribution < -0.4 is 5.73 Å². The fourth-order valence-corrected chi connectivity index (χ4v) is 4.37. The lowest BCUT2D eigenvalue weighted by Gasteiger charge is -2.51. The van der Waals surface area contributed by atoms with Crippen molar-refractivity contribution in [1.82, 2.24) is 9.88 Å². The highest BCUT2D eigenvalue weighted by Gasteiger charge is 2.41. The number of aromatic nitrogens is 1. The van der Waals surface area contributed by atoms with Gasteiger partial charge < -0.3 is 5.73 Å². The van der Waals surface area contributed by atoms with Crippen LogP contribution in [0.3, 0.4) is 0 Å². The smallest absolute Gasteiger partial charge is 0.0705 e. The molecular formula is C19H23N3. The standard InChI is InChI=1S/C19H23N3/c1-2-13-12-22-10-8-14(13)11-18(22)19(20)16-7-9-21-17-6-4-3-5-15(16)17/h2-7,9,13-14,18-19H,1,8,10-12,20H2. The Morgan fingerprint density at radius 2 is 2.18 bits per heavy atom. The molecule has 3 aliphatic rings. The van der Waals surface area contributed by atoms with Crippen LogP contribution in [0.2, 0.25) is 0 Å². The van der Waals surface area contributed by atoms with Crippen LogP contribution in [-0.4, -0.2) is 29.0 Å². The quantitative estimate of drug-likeness (QED) is 0.884. The van der Waals surface area contributed by atoms with Gasteiger partial charge in [0.05, 0.1) is 5.52 Å². The van der Waals surface area contributed by atoms with E-state index >= 15 is 0 Å². The first-order chi connectivity index (χ1) is 10.8. The second kappa shape index (κ2) is 5.49. The number of hydrogen-bond donors (Lipinski definition) is 1. The van der Waals surface area contributed by atoms with Crippen LogP contribution in [0.1, 0.15) is 24.4 Å². The summed E-state index contributed by atoms with van der Waals surface area (Å²) >= 11 is 0. The first kappa shape index (κ1) is 13.9.